The second-order valence-corrected chi connectivity index (χ2v) is 5.27. The van der Waals surface area contributed by atoms with Crippen LogP contribution in [0.5, 0.6) is 0 Å². The van der Waals surface area contributed by atoms with E-state index in [1.807, 2.05) is 42.5 Å². The van der Waals surface area contributed by atoms with Crippen LogP contribution < -0.4 is 11.1 Å². The Kier molecular flexibility index (Phi) is 3.22. The third-order valence-corrected chi connectivity index (χ3v) is 3.74. The highest BCUT2D eigenvalue weighted by molar-refractivity contribution is 5.98. The van der Waals surface area contributed by atoms with Gasteiger partial charge < -0.3 is 11.1 Å². The Hall–Kier alpha value is -1.87. The fraction of sp³-hybridized carbons (Fsp3) is 0.312. The van der Waals surface area contributed by atoms with Gasteiger partial charge in [-0.25, -0.2) is 0 Å². The Morgan fingerprint density at radius 2 is 1.95 bits per heavy atom. The fourth-order valence-electron chi connectivity index (χ4n) is 2.33. The van der Waals surface area contributed by atoms with Crippen LogP contribution in [0.3, 0.4) is 0 Å². The molecule has 0 aromatic heterocycles. The molecule has 1 saturated carbocycles. The molecule has 0 aliphatic heterocycles. The Labute approximate surface area is 112 Å². The fourth-order valence-corrected chi connectivity index (χ4v) is 2.33. The van der Waals surface area contributed by atoms with E-state index in [0.29, 0.717) is 18.0 Å². The molecule has 2 aromatic rings. The van der Waals surface area contributed by atoms with Crippen molar-refractivity contribution in [3.8, 4) is 0 Å². The van der Waals surface area contributed by atoms with Crippen LogP contribution in [0, 0.1) is 5.92 Å². The van der Waals surface area contributed by atoms with Crippen LogP contribution in [-0.2, 0) is 0 Å². The van der Waals surface area contributed by atoms with Gasteiger partial charge in [-0.05, 0) is 41.7 Å². The van der Waals surface area contributed by atoms with Crippen LogP contribution in [0.2, 0.25) is 0 Å². The van der Waals surface area contributed by atoms with Crippen LogP contribution in [-0.4, -0.2) is 18.5 Å². The smallest absolute Gasteiger partial charge is 0.251 e. The Bertz CT molecular complexity index is 604. The summed E-state index contributed by atoms with van der Waals surface area (Å²) in [5.41, 5.74) is 6.68. The normalized spacial score (nSPS) is 16.3. The molecule has 3 N–H and O–H groups in total. The third kappa shape index (κ3) is 2.76. The molecule has 3 heteroatoms. The van der Waals surface area contributed by atoms with Gasteiger partial charge in [0.05, 0.1) is 0 Å². The maximum Gasteiger partial charge on any atom is 0.251 e. The number of carbonyl (C=O) groups is 1. The highest BCUT2D eigenvalue weighted by atomic mass is 16.1. The minimum absolute atomic E-state index is 0.0400. The largest absolute Gasteiger partial charge is 0.350 e. The average Bonchev–Trinajstić information content (AvgIpc) is 3.28. The lowest BCUT2D eigenvalue weighted by Crippen LogP contribution is -2.38. The first kappa shape index (κ1) is 12.2. The summed E-state index contributed by atoms with van der Waals surface area (Å²) in [7, 11) is 0. The van der Waals surface area contributed by atoms with E-state index in [2.05, 4.69) is 5.32 Å². The molecule has 1 aliphatic carbocycles. The summed E-state index contributed by atoms with van der Waals surface area (Å²) in [4.78, 5) is 12.1. The number of fused-ring (bicyclic) bond motifs is 1. The van der Waals surface area contributed by atoms with Gasteiger partial charge in [-0.3, -0.25) is 4.79 Å². The predicted molar refractivity (Wildman–Crippen MR) is 77.0 cm³/mol. The Balaban J connectivity index is 1.70. The first-order chi connectivity index (χ1) is 9.24. The van der Waals surface area contributed by atoms with Crippen LogP contribution in [0.1, 0.15) is 23.2 Å². The van der Waals surface area contributed by atoms with Gasteiger partial charge in [0.2, 0.25) is 0 Å². The van der Waals surface area contributed by atoms with Crippen molar-refractivity contribution in [3.05, 3.63) is 48.0 Å². The summed E-state index contributed by atoms with van der Waals surface area (Å²) < 4.78 is 0. The molecule has 0 spiro atoms. The SMILES string of the molecule is NC(CNC(=O)c1ccc2ccccc2c1)C1CC1. The topological polar surface area (TPSA) is 55.1 Å². The van der Waals surface area contributed by atoms with E-state index in [-0.39, 0.29) is 11.9 Å². The van der Waals surface area contributed by atoms with Crippen molar-refractivity contribution in [2.45, 2.75) is 18.9 Å². The molecule has 3 nitrogen and oxygen atoms in total. The summed E-state index contributed by atoms with van der Waals surface area (Å²) >= 11 is 0. The molecule has 1 amide bonds. The highest BCUT2D eigenvalue weighted by Crippen LogP contribution is 2.31. The van der Waals surface area contributed by atoms with Crippen molar-refractivity contribution in [1.82, 2.24) is 5.32 Å². The van der Waals surface area contributed by atoms with Crippen molar-refractivity contribution < 1.29 is 4.79 Å². The number of amides is 1. The Morgan fingerprint density at radius 3 is 2.68 bits per heavy atom. The molecule has 19 heavy (non-hydrogen) atoms. The van der Waals surface area contributed by atoms with E-state index < -0.39 is 0 Å². The lowest BCUT2D eigenvalue weighted by Gasteiger charge is -2.11. The number of nitrogens with two attached hydrogens (primary N) is 1. The summed E-state index contributed by atoms with van der Waals surface area (Å²) in [5, 5.41) is 5.15. The van der Waals surface area contributed by atoms with Gasteiger partial charge in [-0.15, -0.1) is 0 Å². The second-order valence-electron chi connectivity index (χ2n) is 5.27. The molecule has 2 aromatic carbocycles. The zero-order chi connectivity index (χ0) is 13.2. The third-order valence-electron chi connectivity index (χ3n) is 3.74. The van der Waals surface area contributed by atoms with E-state index >= 15 is 0 Å². The second kappa shape index (κ2) is 5.02. The van der Waals surface area contributed by atoms with Crippen molar-refractivity contribution in [1.29, 1.82) is 0 Å². The van der Waals surface area contributed by atoms with E-state index in [1.54, 1.807) is 0 Å². The van der Waals surface area contributed by atoms with Crippen molar-refractivity contribution in [2.75, 3.05) is 6.54 Å². The van der Waals surface area contributed by atoms with Crippen molar-refractivity contribution in [2.24, 2.45) is 11.7 Å². The number of hydrogen-bond donors (Lipinski definition) is 2. The average molecular weight is 254 g/mol. The summed E-state index contributed by atoms with van der Waals surface area (Å²) in [6.07, 6.45) is 2.40. The molecule has 0 saturated heterocycles. The first-order valence-corrected chi connectivity index (χ1v) is 6.76. The molecule has 0 bridgehead atoms. The monoisotopic (exact) mass is 254 g/mol. The van der Waals surface area contributed by atoms with Gasteiger partial charge >= 0.3 is 0 Å². The van der Waals surface area contributed by atoms with Gasteiger partial charge in [0.25, 0.3) is 5.91 Å². The maximum atomic E-state index is 12.1. The molecule has 1 unspecified atom stereocenters. The molecule has 98 valence electrons. The lowest BCUT2D eigenvalue weighted by molar-refractivity contribution is 0.0950. The van der Waals surface area contributed by atoms with Gasteiger partial charge in [-0.2, -0.15) is 0 Å². The van der Waals surface area contributed by atoms with E-state index in [9.17, 15) is 4.79 Å². The van der Waals surface area contributed by atoms with Crippen LogP contribution in [0.15, 0.2) is 42.5 Å². The summed E-state index contributed by atoms with van der Waals surface area (Å²) in [6.45, 7) is 0.566. The molecule has 0 radical (unpaired) electrons. The minimum Gasteiger partial charge on any atom is -0.350 e. The minimum atomic E-state index is -0.0400. The number of carbonyl (C=O) groups excluding carboxylic acids is 1. The summed E-state index contributed by atoms with van der Waals surface area (Å²) in [6, 6.07) is 13.9. The number of hydrogen-bond acceptors (Lipinski definition) is 2. The van der Waals surface area contributed by atoms with Gasteiger partial charge in [0.1, 0.15) is 0 Å². The van der Waals surface area contributed by atoms with Crippen LogP contribution >= 0.6 is 0 Å². The summed E-state index contributed by atoms with van der Waals surface area (Å²) in [5.74, 6) is 0.568. The van der Waals surface area contributed by atoms with Crippen LogP contribution in [0.4, 0.5) is 0 Å². The van der Waals surface area contributed by atoms with E-state index in [4.69, 9.17) is 5.73 Å². The van der Waals surface area contributed by atoms with Gasteiger partial charge in [0, 0.05) is 18.2 Å². The number of rotatable bonds is 4. The molecular weight excluding hydrogens is 236 g/mol. The number of nitrogens with one attached hydrogen (secondary N) is 1. The molecular formula is C16H18N2O. The molecule has 0 heterocycles. The zero-order valence-corrected chi connectivity index (χ0v) is 10.8. The predicted octanol–water partition coefficient (Wildman–Crippen LogP) is 2.31. The van der Waals surface area contributed by atoms with Crippen LogP contribution in [0.25, 0.3) is 10.8 Å². The first-order valence-electron chi connectivity index (χ1n) is 6.76. The van der Waals surface area contributed by atoms with Crippen molar-refractivity contribution in [3.63, 3.8) is 0 Å². The quantitative estimate of drug-likeness (QED) is 0.879. The maximum absolute atomic E-state index is 12.1. The zero-order valence-electron chi connectivity index (χ0n) is 10.8. The van der Waals surface area contributed by atoms with E-state index in [1.165, 1.54) is 12.8 Å². The number of benzene rings is 2. The standard InChI is InChI=1S/C16H18N2O/c17-15(12-6-7-12)10-18-16(19)14-8-5-11-3-1-2-4-13(11)9-14/h1-5,8-9,12,15H,6-7,10,17H2,(H,18,19). The molecule has 3 rings (SSSR count). The van der Waals surface area contributed by atoms with E-state index in [0.717, 1.165) is 10.8 Å². The Morgan fingerprint density at radius 1 is 1.21 bits per heavy atom. The lowest BCUT2D eigenvalue weighted by atomic mass is 10.1. The molecule has 1 aliphatic rings. The van der Waals surface area contributed by atoms with Gasteiger partial charge in [0.15, 0.2) is 0 Å². The molecule has 1 atom stereocenters. The highest BCUT2D eigenvalue weighted by Gasteiger charge is 2.28. The molecule has 1 fully saturated rings. The van der Waals surface area contributed by atoms with Gasteiger partial charge in [-0.1, -0.05) is 30.3 Å². The van der Waals surface area contributed by atoms with Crippen molar-refractivity contribution >= 4 is 16.7 Å².